The van der Waals surface area contributed by atoms with E-state index in [0.29, 0.717) is 12.2 Å². The molecule has 0 fully saturated rings. The third kappa shape index (κ3) is 3.62. The van der Waals surface area contributed by atoms with Crippen LogP contribution in [0.3, 0.4) is 0 Å². The number of aryl methyl sites for hydroxylation is 1. The van der Waals surface area contributed by atoms with Gasteiger partial charge in [0.1, 0.15) is 5.56 Å². The molecule has 0 aliphatic rings. The number of hydrogen-bond donors (Lipinski definition) is 0. The molecule has 0 amide bonds. The van der Waals surface area contributed by atoms with E-state index in [2.05, 4.69) is 21.0 Å². The number of halogens is 1. The molecule has 6 heteroatoms. The number of benzene rings is 1. The lowest BCUT2D eigenvalue weighted by Gasteiger charge is -2.10. The number of esters is 1. The molecule has 0 N–H and O–H groups in total. The van der Waals surface area contributed by atoms with Gasteiger partial charge in [0, 0.05) is 16.6 Å². The number of hydrogen-bond acceptors (Lipinski definition) is 4. The zero-order valence-corrected chi connectivity index (χ0v) is 14.1. The Balaban J connectivity index is 2.59. The van der Waals surface area contributed by atoms with Crippen LogP contribution in [0.2, 0.25) is 0 Å². The number of ether oxygens (including phenoxy) is 1. The van der Waals surface area contributed by atoms with Gasteiger partial charge >= 0.3 is 5.97 Å². The Hall–Kier alpha value is -1.95. The monoisotopic (exact) mass is 364 g/mol. The number of rotatable bonds is 5. The summed E-state index contributed by atoms with van der Waals surface area (Å²) < 4.78 is 7.19. The fourth-order valence-electron chi connectivity index (χ4n) is 2.05. The highest BCUT2D eigenvalue weighted by Gasteiger charge is 2.17. The maximum atomic E-state index is 12.3. The van der Waals surface area contributed by atoms with Crippen molar-refractivity contribution in [1.29, 1.82) is 0 Å². The van der Waals surface area contributed by atoms with Crippen LogP contribution in [0.1, 0.15) is 30.6 Å². The van der Waals surface area contributed by atoms with E-state index >= 15 is 0 Å². The molecule has 0 bridgehead atoms. The van der Waals surface area contributed by atoms with Crippen molar-refractivity contribution in [3.05, 3.63) is 50.7 Å². The molecule has 2 aromatic rings. The Morgan fingerprint density at radius 1 is 1.32 bits per heavy atom. The fourth-order valence-corrected chi connectivity index (χ4v) is 2.45. The van der Waals surface area contributed by atoms with Crippen LogP contribution < -0.4 is 5.56 Å². The number of aromatic nitrogens is 2. The van der Waals surface area contributed by atoms with Crippen LogP contribution in [0.25, 0.3) is 11.3 Å². The highest BCUT2D eigenvalue weighted by Crippen LogP contribution is 2.21. The molecule has 0 aliphatic heterocycles. The molecular weight excluding hydrogens is 348 g/mol. The molecule has 1 aromatic carbocycles. The second-order valence-corrected chi connectivity index (χ2v) is 5.62. The van der Waals surface area contributed by atoms with Crippen molar-refractivity contribution in [3.8, 4) is 11.3 Å². The zero-order valence-electron chi connectivity index (χ0n) is 12.5. The Labute approximate surface area is 137 Å². The zero-order chi connectivity index (χ0) is 16.1. The molecule has 1 aromatic heterocycles. The second kappa shape index (κ2) is 7.35. The van der Waals surface area contributed by atoms with Gasteiger partial charge in [-0.1, -0.05) is 35.0 Å². The van der Waals surface area contributed by atoms with Crippen molar-refractivity contribution < 1.29 is 9.53 Å². The van der Waals surface area contributed by atoms with Gasteiger partial charge in [-0.15, -0.1) is 0 Å². The Bertz CT molecular complexity index is 740. The summed E-state index contributed by atoms with van der Waals surface area (Å²) in [5, 5.41) is 4.35. The van der Waals surface area contributed by atoms with Crippen molar-refractivity contribution in [2.75, 3.05) is 6.61 Å². The van der Waals surface area contributed by atoms with Crippen LogP contribution in [-0.2, 0) is 11.3 Å². The van der Waals surface area contributed by atoms with Crippen LogP contribution >= 0.6 is 15.9 Å². The molecule has 0 spiro atoms. The second-order valence-electron chi connectivity index (χ2n) is 4.70. The first kappa shape index (κ1) is 16.4. The van der Waals surface area contributed by atoms with E-state index in [4.69, 9.17) is 4.74 Å². The summed E-state index contributed by atoms with van der Waals surface area (Å²) in [7, 11) is 0. The molecule has 0 radical (unpaired) electrons. The minimum absolute atomic E-state index is 0.0141. The molecule has 0 atom stereocenters. The summed E-state index contributed by atoms with van der Waals surface area (Å²) in [6.45, 7) is 4.33. The molecule has 0 aliphatic carbocycles. The van der Waals surface area contributed by atoms with Crippen molar-refractivity contribution in [1.82, 2.24) is 9.78 Å². The largest absolute Gasteiger partial charge is 0.462 e. The molecular formula is C16H17BrN2O3. The van der Waals surface area contributed by atoms with Crippen LogP contribution in [0.5, 0.6) is 0 Å². The summed E-state index contributed by atoms with van der Waals surface area (Å²) in [5.41, 5.74) is 0.988. The number of carbonyl (C=O) groups excluding carboxylic acids is 1. The van der Waals surface area contributed by atoms with Crippen molar-refractivity contribution >= 4 is 21.9 Å². The highest BCUT2D eigenvalue weighted by atomic mass is 79.9. The van der Waals surface area contributed by atoms with E-state index in [-0.39, 0.29) is 12.2 Å². The van der Waals surface area contributed by atoms with Crippen LogP contribution in [0.15, 0.2) is 39.6 Å². The van der Waals surface area contributed by atoms with E-state index in [1.54, 1.807) is 6.92 Å². The van der Waals surface area contributed by atoms with E-state index in [9.17, 15) is 9.59 Å². The number of nitrogens with zero attached hydrogens (tertiary/aromatic N) is 2. The first-order chi connectivity index (χ1) is 10.6. The van der Waals surface area contributed by atoms with Gasteiger partial charge in [0.25, 0.3) is 5.56 Å². The summed E-state index contributed by atoms with van der Waals surface area (Å²) >= 11 is 3.41. The van der Waals surface area contributed by atoms with Crippen molar-refractivity contribution in [2.45, 2.75) is 26.8 Å². The topological polar surface area (TPSA) is 61.2 Å². The van der Waals surface area contributed by atoms with Gasteiger partial charge in [0.2, 0.25) is 0 Å². The van der Waals surface area contributed by atoms with Crippen LogP contribution in [0.4, 0.5) is 0 Å². The quantitative estimate of drug-likeness (QED) is 0.763. The maximum absolute atomic E-state index is 12.3. The predicted octanol–water partition coefficient (Wildman–Crippen LogP) is 3.26. The van der Waals surface area contributed by atoms with E-state index in [1.807, 2.05) is 31.2 Å². The van der Waals surface area contributed by atoms with E-state index < -0.39 is 11.5 Å². The lowest BCUT2D eigenvalue weighted by Crippen LogP contribution is -2.29. The normalized spacial score (nSPS) is 10.5. The molecule has 0 saturated heterocycles. The van der Waals surface area contributed by atoms with Crippen LogP contribution in [-0.4, -0.2) is 22.4 Å². The first-order valence-corrected chi connectivity index (χ1v) is 7.91. The van der Waals surface area contributed by atoms with Gasteiger partial charge < -0.3 is 4.74 Å². The summed E-state index contributed by atoms with van der Waals surface area (Å²) in [4.78, 5) is 24.3. The molecule has 116 valence electrons. The summed E-state index contributed by atoms with van der Waals surface area (Å²) in [5.74, 6) is -0.615. The van der Waals surface area contributed by atoms with Gasteiger partial charge in [-0.25, -0.2) is 9.48 Å². The van der Waals surface area contributed by atoms with Crippen molar-refractivity contribution in [3.63, 3.8) is 0 Å². The predicted molar refractivity (Wildman–Crippen MR) is 87.9 cm³/mol. The minimum Gasteiger partial charge on any atom is -0.462 e. The number of carbonyl (C=O) groups is 1. The summed E-state index contributed by atoms with van der Waals surface area (Å²) in [6.07, 6.45) is 0.747. The molecule has 0 saturated carbocycles. The third-order valence-corrected chi connectivity index (χ3v) is 3.52. The smallest absolute Gasteiger partial charge is 0.343 e. The van der Waals surface area contributed by atoms with E-state index in [1.165, 1.54) is 10.7 Å². The van der Waals surface area contributed by atoms with Gasteiger partial charge in [-0.05, 0) is 31.5 Å². The molecule has 22 heavy (non-hydrogen) atoms. The molecule has 1 heterocycles. The first-order valence-electron chi connectivity index (χ1n) is 7.12. The lowest BCUT2D eigenvalue weighted by atomic mass is 10.1. The Morgan fingerprint density at radius 3 is 2.73 bits per heavy atom. The van der Waals surface area contributed by atoms with Gasteiger partial charge in [0.15, 0.2) is 0 Å². The SMILES string of the molecule is CCCn1nc(-c2cccc(Br)c2)cc(C(=O)OCC)c1=O. The molecule has 2 rings (SSSR count). The van der Waals surface area contributed by atoms with Gasteiger partial charge in [-0.2, -0.15) is 5.10 Å². The third-order valence-electron chi connectivity index (χ3n) is 3.03. The van der Waals surface area contributed by atoms with Crippen LogP contribution in [0, 0.1) is 0 Å². The summed E-state index contributed by atoms with van der Waals surface area (Å²) in [6, 6.07) is 9.04. The van der Waals surface area contributed by atoms with Gasteiger partial charge in [-0.3, -0.25) is 4.79 Å². The highest BCUT2D eigenvalue weighted by molar-refractivity contribution is 9.10. The average molecular weight is 365 g/mol. The molecule has 5 nitrogen and oxygen atoms in total. The standard InChI is InChI=1S/C16H17BrN2O3/c1-3-8-19-15(20)13(16(21)22-4-2)10-14(18-19)11-6-5-7-12(17)9-11/h5-7,9-10H,3-4,8H2,1-2H3. The Morgan fingerprint density at radius 2 is 2.09 bits per heavy atom. The lowest BCUT2D eigenvalue weighted by molar-refractivity contribution is 0.0523. The van der Waals surface area contributed by atoms with Gasteiger partial charge in [0.05, 0.1) is 12.3 Å². The molecule has 0 unspecified atom stereocenters. The van der Waals surface area contributed by atoms with Crippen molar-refractivity contribution in [2.24, 2.45) is 0 Å². The average Bonchev–Trinajstić information content (AvgIpc) is 2.49. The fraction of sp³-hybridized carbons (Fsp3) is 0.312. The Kier molecular flexibility index (Phi) is 5.49. The van der Waals surface area contributed by atoms with E-state index in [0.717, 1.165) is 16.5 Å². The minimum atomic E-state index is -0.615. The maximum Gasteiger partial charge on any atom is 0.343 e.